The second kappa shape index (κ2) is 9.06. The molecule has 1 aliphatic carbocycles. The van der Waals surface area contributed by atoms with Gasteiger partial charge in [-0.2, -0.15) is 0 Å². The second-order valence-electron chi connectivity index (χ2n) is 9.17. The molecule has 0 spiro atoms. The van der Waals surface area contributed by atoms with Crippen molar-refractivity contribution in [2.24, 2.45) is 5.92 Å². The maximum Gasteiger partial charge on any atom is 0.325 e. The molecule has 1 saturated carbocycles. The standard InChI is InChI=1S/C23H30N5O4P/c24-22-21-20(17-4-1-5-19(12-17)32-8-3-9-33(29,30)31)14-28(23(21)26-15-25-22)18-10-16(11-18)13-27-6-2-7-27/h1,4-5,12,14-16,18H,2-3,6-11,13H2,(H2,24,25,26)(H2,29,30,31). The Hall–Kier alpha value is -2.45. The first-order chi connectivity index (χ1) is 15.9. The first-order valence-corrected chi connectivity index (χ1v) is 13.3. The summed E-state index contributed by atoms with van der Waals surface area (Å²) in [6.07, 6.45) is 7.37. The molecule has 176 valence electrons. The van der Waals surface area contributed by atoms with Crippen molar-refractivity contribution < 1.29 is 19.1 Å². The van der Waals surface area contributed by atoms with E-state index in [1.807, 2.05) is 24.3 Å². The van der Waals surface area contributed by atoms with Gasteiger partial charge in [-0.15, -0.1) is 0 Å². The molecule has 33 heavy (non-hydrogen) atoms. The van der Waals surface area contributed by atoms with E-state index in [9.17, 15) is 4.57 Å². The molecule has 9 nitrogen and oxygen atoms in total. The third-order valence-corrected chi connectivity index (χ3v) is 7.61. The van der Waals surface area contributed by atoms with Gasteiger partial charge < -0.3 is 29.7 Å². The number of nitrogens with zero attached hydrogens (tertiary/aromatic N) is 4. The summed E-state index contributed by atoms with van der Waals surface area (Å²) in [6.45, 7) is 3.90. The molecular formula is C23H30N5O4P. The summed E-state index contributed by atoms with van der Waals surface area (Å²) < 4.78 is 19.0. The van der Waals surface area contributed by atoms with Gasteiger partial charge in [0.05, 0.1) is 18.2 Å². The Morgan fingerprint density at radius 1 is 1.21 bits per heavy atom. The van der Waals surface area contributed by atoms with Crippen LogP contribution in [0.2, 0.25) is 0 Å². The molecule has 1 aromatic carbocycles. The smallest absolute Gasteiger partial charge is 0.325 e. The number of fused-ring (bicyclic) bond motifs is 1. The molecule has 2 fully saturated rings. The summed E-state index contributed by atoms with van der Waals surface area (Å²) in [5, 5.41) is 0.849. The summed E-state index contributed by atoms with van der Waals surface area (Å²) in [5.41, 5.74) is 9.06. The van der Waals surface area contributed by atoms with Gasteiger partial charge in [-0.1, -0.05) is 12.1 Å². The van der Waals surface area contributed by atoms with Gasteiger partial charge >= 0.3 is 7.60 Å². The fourth-order valence-corrected chi connectivity index (χ4v) is 5.37. The van der Waals surface area contributed by atoms with Crippen LogP contribution in [0.4, 0.5) is 5.82 Å². The quantitative estimate of drug-likeness (QED) is 0.321. The predicted octanol–water partition coefficient (Wildman–Crippen LogP) is 3.28. The van der Waals surface area contributed by atoms with E-state index in [1.54, 1.807) is 0 Å². The van der Waals surface area contributed by atoms with Crippen molar-refractivity contribution in [3.05, 3.63) is 36.8 Å². The highest BCUT2D eigenvalue weighted by Crippen LogP contribution is 2.43. The zero-order valence-corrected chi connectivity index (χ0v) is 19.4. The van der Waals surface area contributed by atoms with Crippen molar-refractivity contribution in [3.63, 3.8) is 0 Å². The van der Waals surface area contributed by atoms with Crippen molar-refractivity contribution in [2.45, 2.75) is 31.7 Å². The van der Waals surface area contributed by atoms with E-state index in [-0.39, 0.29) is 19.2 Å². The van der Waals surface area contributed by atoms with Crippen molar-refractivity contribution in [1.29, 1.82) is 0 Å². The highest BCUT2D eigenvalue weighted by atomic mass is 31.2. The highest BCUT2D eigenvalue weighted by Gasteiger charge is 2.34. The molecular weight excluding hydrogens is 441 g/mol. The fraction of sp³-hybridized carbons (Fsp3) is 0.478. The van der Waals surface area contributed by atoms with Crippen LogP contribution in [0.1, 0.15) is 31.7 Å². The number of aromatic nitrogens is 3. The van der Waals surface area contributed by atoms with Gasteiger partial charge in [-0.25, -0.2) is 9.97 Å². The van der Waals surface area contributed by atoms with E-state index in [2.05, 4.69) is 25.6 Å². The molecule has 4 N–H and O–H groups in total. The number of benzene rings is 1. The topological polar surface area (TPSA) is 127 Å². The summed E-state index contributed by atoms with van der Waals surface area (Å²) in [4.78, 5) is 29.3. The minimum Gasteiger partial charge on any atom is -0.494 e. The highest BCUT2D eigenvalue weighted by molar-refractivity contribution is 7.51. The lowest BCUT2D eigenvalue weighted by Crippen LogP contribution is -2.43. The molecule has 3 aromatic rings. The van der Waals surface area contributed by atoms with Crippen molar-refractivity contribution in [2.75, 3.05) is 38.1 Å². The number of ether oxygens (including phenoxy) is 1. The summed E-state index contributed by atoms with van der Waals surface area (Å²) in [5.74, 6) is 1.84. The Labute approximate surface area is 192 Å². The molecule has 0 radical (unpaired) electrons. The molecule has 0 atom stereocenters. The Morgan fingerprint density at radius 3 is 2.76 bits per heavy atom. The van der Waals surface area contributed by atoms with E-state index < -0.39 is 7.60 Å². The molecule has 3 heterocycles. The van der Waals surface area contributed by atoms with E-state index in [4.69, 9.17) is 20.3 Å². The summed E-state index contributed by atoms with van der Waals surface area (Å²) >= 11 is 0. The van der Waals surface area contributed by atoms with Gasteiger partial charge in [0.15, 0.2) is 0 Å². The number of nitrogen functional groups attached to an aromatic ring is 1. The number of rotatable bonds is 9. The SMILES string of the molecule is Nc1ncnc2c1c(-c1cccc(OCCCP(=O)(O)O)c1)cn2C1CC(CN2CCC2)C1. The molecule has 2 aromatic heterocycles. The summed E-state index contributed by atoms with van der Waals surface area (Å²) in [6, 6.07) is 8.09. The van der Waals surface area contributed by atoms with E-state index in [0.717, 1.165) is 40.9 Å². The lowest BCUT2D eigenvalue weighted by molar-refractivity contribution is 0.0921. The maximum atomic E-state index is 11.0. The molecule has 0 unspecified atom stereocenters. The monoisotopic (exact) mass is 471 g/mol. The van der Waals surface area contributed by atoms with Crippen LogP contribution in [0.25, 0.3) is 22.2 Å². The zero-order valence-electron chi connectivity index (χ0n) is 18.5. The number of nitrogens with two attached hydrogens (primary N) is 1. The largest absolute Gasteiger partial charge is 0.494 e. The van der Waals surface area contributed by atoms with Crippen LogP contribution in [-0.4, -0.2) is 61.6 Å². The molecule has 1 aliphatic heterocycles. The number of hydrogen-bond acceptors (Lipinski definition) is 6. The molecule has 0 amide bonds. The predicted molar refractivity (Wildman–Crippen MR) is 127 cm³/mol. The first-order valence-electron chi connectivity index (χ1n) is 11.5. The number of anilines is 1. The third kappa shape index (κ3) is 4.92. The minimum atomic E-state index is -4.01. The molecule has 1 saturated heterocycles. The fourth-order valence-electron chi connectivity index (χ4n) is 4.83. The lowest BCUT2D eigenvalue weighted by Gasteiger charge is -2.42. The van der Waals surface area contributed by atoms with Crippen LogP contribution in [-0.2, 0) is 4.57 Å². The van der Waals surface area contributed by atoms with Crippen LogP contribution >= 0.6 is 7.60 Å². The van der Waals surface area contributed by atoms with E-state index >= 15 is 0 Å². The van der Waals surface area contributed by atoms with Crippen LogP contribution in [0.3, 0.4) is 0 Å². The van der Waals surface area contributed by atoms with Crippen molar-refractivity contribution >= 4 is 24.4 Å². The normalized spacial score (nSPS) is 21.0. The molecule has 0 bridgehead atoms. The van der Waals surface area contributed by atoms with Gasteiger partial charge in [0.1, 0.15) is 23.5 Å². The van der Waals surface area contributed by atoms with Crippen LogP contribution < -0.4 is 10.5 Å². The Kier molecular flexibility index (Phi) is 6.14. The number of likely N-dealkylation sites (tertiary alicyclic amines) is 1. The Bertz CT molecular complexity index is 1180. The van der Waals surface area contributed by atoms with Crippen LogP contribution in [0.15, 0.2) is 36.8 Å². The first kappa shape index (κ1) is 22.3. The minimum absolute atomic E-state index is 0.186. The van der Waals surface area contributed by atoms with Gasteiger partial charge in [-0.05, 0) is 62.4 Å². The van der Waals surface area contributed by atoms with Gasteiger partial charge in [-0.3, -0.25) is 4.57 Å². The van der Waals surface area contributed by atoms with Crippen molar-refractivity contribution in [3.8, 4) is 16.9 Å². The molecule has 10 heteroatoms. The average molecular weight is 471 g/mol. The molecule has 2 aliphatic rings. The van der Waals surface area contributed by atoms with Crippen LogP contribution in [0.5, 0.6) is 5.75 Å². The maximum absolute atomic E-state index is 11.0. The van der Waals surface area contributed by atoms with Gasteiger partial charge in [0.2, 0.25) is 0 Å². The van der Waals surface area contributed by atoms with Gasteiger partial charge in [0.25, 0.3) is 0 Å². The lowest BCUT2D eigenvalue weighted by atomic mass is 9.79. The average Bonchev–Trinajstić information content (AvgIpc) is 3.09. The third-order valence-electron chi connectivity index (χ3n) is 6.72. The second-order valence-corrected chi connectivity index (χ2v) is 10.9. The number of hydrogen-bond donors (Lipinski definition) is 3. The Balaban J connectivity index is 1.36. The van der Waals surface area contributed by atoms with Crippen molar-refractivity contribution in [1.82, 2.24) is 19.4 Å². The van der Waals surface area contributed by atoms with E-state index in [1.165, 1.54) is 32.4 Å². The van der Waals surface area contributed by atoms with Crippen LogP contribution in [0, 0.1) is 5.92 Å². The van der Waals surface area contributed by atoms with Gasteiger partial charge in [0, 0.05) is 24.3 Å². The zero-order chi connectivity index (χ0) is 23.0. The summed E-state index contributed by atoms with van der Waals surface area (Å²) in [7, 11) is -4.01. The Morgan fingerprint density at radius 2 is 2.03 bits per heavy atom. The molecule has 5 rings (SSSR count). The van der Waals surface area contributed by atoms with E-state index in [0.29, 0.717) is 17.6 Å².